The van der Waals surface area contributed by atoms with Crippen LogP contribution in [-0.2, 0) is 9.59 Å². The van der Waals surface area contributed by atoms with E-state index >= 15 is 0 Å². The monoisotopic (exact) mass is 305 g/mol. The third-order valence-electron chi connectivity index (χ3n) is 4.11. The number of nitrogens with zero attached hydrogens (tertiary/aromatic N) is 1. The van der Waals surface area contributed by atoms with E-state index in [4.69, 9.17) is 4.74 Å². The minimum absolute atomic E-state index is 0.264. The highest BCUT2D eigenvalue weighted by atomic mass is 16.5. The molecule has 0 saturated carbocycles. The standard InChI is InChI=1S/C17H23NO4/c1-11-4-6-14(7-5-11)22-13(3)16(19)18-9-8-12(2)10-15(18)17(20)21/h4-7,12-13,15H,8-10H2,1-3H3,(H,20,21). The van der Waals surface area contributed by atoms with Gasteiger partial charge in [0.05, 0.1) is 0 Å². The van der Waals surface area contributed by atoms with Crippen LogP contribution in [0.25, 0.3) is 0 Å². The summed E-state index contributed by atoms with van der Waals surface area (Å²) in [4.78, 5) is 25.4. The molecule has 1 aromatic carbocycles. The van der Waals surface area contributed by atoms with Gasteiger partial charge in [0.25, 0.3) is 5.91 Å². The summed E-state index contributed by atoms with van der Waals surface area (Å²) in [5.74, 6) is -0.274. The number of aliphatic carboxylic acids is 1. The van der Waals surface area contributed by atoms with Crippen molar-refractivity contribution in [2.24, 2.45) is 5.92 Å². The van der Waals surface area contributed by atoms with E-state index in [1.807, 2.05) is 38.1 Å². The van der Waals surface area contributed by atoms with E-state index in [1.165, 1.54) is 4.90 Å². The first kappa shape index (κ1) is 16.3. The van der Waals surface area contributed by atoms with E-state index in [0.29, 0.717) is 24.6 Å². The molecule has 1 N–H and O–H groups in total. The summed E-state index contributed by atoms with van der Waals surface area (Å²) in [7, 11) is 0. The Labute approximate surface area is 130 Å². The molecular weight excluding hydrogens is 282 g/mol. The summed E-state index contributed by atoms with van der Waals surface area (Å²) >= 11 is 0. The largest absolute Gasteiger partial charge is 0.481 e. The first-order chi connectivity index (χ1) is 10.4. The molecule has 5 nitrogen and oxygen atoms in total. The Balaban J connectivity index is 2.05. The Hall–Kier alpha value is -2.04. The molecule has 0 aliphatic carbocycles. The van der Waals surface area contributed by atoms with Gasteiger partial charge in [0.2, 0.25) is 0 Å². The van der Waals surface area contributed by atoms with Crippen molar-refractivity contribution in [2.45, 2.75) is 45.8 Å². The fraction of sp³-hybridized carbons (Fsp3) is 0.529. The third-order valence-corrected chi connectivity index (χ3v) is 4.11. The lowest BCUT2D eigenvalue weighted by atomic mass is 9.92. The second-order valence-electron chi connectivity index (χ2n) is 6.09. The van der Waals surface area contributed by atoms with Crippen LogP contribution in [0.1, 0.15) is 32.3 Å². The van der Waals surface area contributed by atoms with Gasteiger partial charge in [-0.15, -0.1) is 0 Å². The van der Waals surface area contributed by atoms with Gasteiger partial charge in [-0.2, -0.15) is 0 Å². The average molecular weight is 305 g/mol. The van der Waals surface area contributed by atoms with Gasteiger partial charge in [0.1, 0.15) is 11.8 Å². The Bertz CT molecular complexity index is 540. The Morgan fingerprint density at radius 3 is 2.55 bits per heavy atom. The topological polar surface area (TPSA) is 66.8 Å². The predicted molar refractivity (Wildman–Crippen MR) is 82.8 cm³/mol. The number of hydrogen-bond acceptors (Lipinski definition) is 3. The minimum atomic E-state index is -0.942. The highest BCUT2D eigenvalue weighted by molar-refractivity contribution is 5.86. The fourth-order valence-electron chi connectivity index (χ4n) is 2.74. The van der Waals surface area contributed by atoms with Gasteiger partial charge in [0.15, 0.2) is 6.10 Å². The Kier molecular flexibility index (Phi) is 5.06. The molecule has 0 bridgehead atoms. The Morgan fingerprint density at radius 2 is 1.95 bits per heavy atom. The summed E-state index contributed by atoms with van der Waals surface area (Å²) < 4.78 is 5.66. The number of aryl methyl sites for hydroxylation is 1. The van der Waals surface area contributed by atoms with E-state index in [2.05, 4.69) is 0 Å². The van der Waals surface area contributed by atoms with Gasteiger partial charge >= 0.3 is 5.97 Å². The van der Waals surface area contributed by atoms with Gasteiger partial charge < -0.3 is 14.7 Å². The van der Waals surface area contributed by atoms with Gasteiger partial charge in [-0.05, 0) is 44.7 Å². The molecule has 1 fully saturated rings. The minimum Gasteiger partial charge on any atom is -0.481 e. The highest BCUT2D eigenvalue weighted by Gasteiger charge is 2.36. The maximum atomic E-state index is 12.5. The second kappa shape index (κ2) is 6.81. The maximum absolute atomic E-state index is 12.5. The van der Waals surface area contributed by atoms with Crippen molar-refractivity contribution in [1.82, 2.24) is 4.90 Å². The number of carbonyl (C=O) groups excluding carboxylic acids is 1. The molecule has 120 valence electrons. The lowest BCUT2D eigenvalue weighted by molar-refractivity contribution is -0.156. The molecule has 1 amide bonds. The van der Waals surface area contributed by atoms with E-state index in [9.17, 15) is 14.7 Å². The number of benzene rings is 1. The van der Waals surface area contributed by atoms with Crippen LogP contribution in [-0.4, -0.2) is 40.6 Å². The molecule has 2 rings (SSSR count). The molecule has 0 aromatic heterocycles. The number of carbonyl (C=O) groups is 2. The van der Waals surface area contributed by atoms with Crippen LogP contribution in [0.5, 0.6) is 5.75 Å². The quantitative estimate of drug-likeness (QED) is 0.928. The van der Waals surface area contributed by atoms with Crippen molar-refractivity contribution in [3.8, 4) is 5.75 Å². The molecule has 1 heterocycles. The number of carboxylic acids is 1. The van der Waals surface area contributed by atoms with E-state index in [0.717, 1.165) is 12.0 Å². The molecule has 1 saturated heterocycles. The normalized spacial score (nSPS) is 23.0. The van der Waals surface area contributed by atoms with Crippen molar-refractivity contribution in [3.63, 3.8) is 0 Å². The summed E-state index contributed by atoms with van der Waals surface area (Å²) in [6.45, 7) is 6.13. The van der Waals surface area contributed by atoms with Crippen LogP contribution >= 0.6 is 0 Å². The van der Waals surface area contributed by atoms with Crippen molar-refractivity contribution in [2.75, 3.05) is 6.54 Å². The van der Waals surface area contributed by atoms with Crippen molar-refractivity contribution in [3.05, 3.63) is 29.8 Å². The van der Waals surface area contributed by atoms with E-state index in [1.54, 1.807) is 6.92 Å². The fourth-order valence-corrected chi connectivity index (χ4v) is 2.74. The molecule has 1 aromatic rings. The van der Waals surface area contributed by atoms with Crippen molar-refractivity contribution >= 4 is 11.9 Å². The molecule has 0 radical (unpaired) electrons. The smallest absolute Gasteiger partial charge is 0.326 e. The molecule has 5 heteroatoms. The first-order valence-corrected chi connectivity index (χ1v) is 7.65. The highest BCUT2D eigenvalue weighted by Crippen LogP contribution is 2.24. The number of likely N-dealkylation sites (tertiary alicyclic amines) is 1. The zero-order valence-corrected chi connectivity index (χ0v) is 13.3. The first-order valence-electron chi connectivity index (χ1n) is 7.65. The van der Waals surface area contributed by atoms with Crippen LogP contribution in [0.3, 0.4) is 0 Å². The van der Waals surface area contributed by atoms with E-state index < -0.39 is 18.1 Å². The number of hydrogen-bond donors (Lipinski definition) is 1. The van der Waals surface area contributed by atoms with Crippen LogP contribution in [0.4, 0.5) is 0 Å². The molecular formula is C17H23NO4. The van der Waals surface area contributed by atoms with Crippen molar-refractivity contribution < 1.29 is 19.4 Å². The predicted octanol–water partition coefficient (Wildman–Crippen LogP) is 2.47. The van der Waals surface area contributed by atoms with Crippen LogP contribution < -0.4 is 4.74 Å². The van der Waals surface area contributed by atoms with Crippen LogP contribution in [0.15, 0.2) is 24.3 Å². The third kappa shape index (κ3) is 3.78. The van der Waals surface area contributed by atoms with Crippen LogP contribution in [0, 0.1) is 12.8 Å². The Morgan fingerprint density at radius 1 is 1.32 bits per heavy atom. The zero-order chi connectivity index (χ0) is 16.3. The zero-order valence-electron chi connectivity index (χ0n) is 13.3. The number of ether oxygens (including phenoxy) is 1. The summed E-state index contributed by atoms with van der Waals surface area (Å²) in [5.41, 5.74) is 1.11. The molecule has 3 unspecified atom stereocenters. The van der Waals surface area contributed by atoms with Gasteiger partial charge in [-0.3, -0.25) is 4.79 Å². The van der Waals surface area contributed by atoms with Crippen LogP contribution in [0.2, 0.25) is 0 Å². The summed E-state index contributed by atoms with van der Waals surface area (Å²) in [6.07, 6.45) is 0.628. The lowest BCUT2D eigenvalue weighted by Crippen LogP contribution is -2.53. The molecule has 0 spiro atoms. The summed E-state index contributed by atoms with van der Waals surface area (Å²) in [5, 5.41) is 9.34. The molecule has 1 aliphatic heterocycles. The number of piperidine rings is 1. The maximum Gasteiger partial charge on any atom is 0.326 e. The van der Waals surface area contributed by atoms with E-state index in [-0.39, 0.29) is 5.91 Å². The van der Waals surface area contributed by atoms with Gasteiger partial charge in [-0.25, -0.2) is 4.79 Å². The molecule has 22 heavy (non-hydrogen) atoms. The van der Waals surface area contributed by atoms with Crippen molar-refractivity contribution in [1.29, 1.82) is 0 Å². The summed E-state index contributed by atoms with van der Waals surface area (Å²) in [6, 6.07) is 6.70. The lowest BCUT2D eigenvalue weighted by Gasteiger charge is -2.37. The molecule has 3 atom stereocenters. The SMILES string of the molecule is Cc1ccc(OC(C)C(=O)N2CCC(C)CC2C(=O)O)cc1. The number of rotatable bonds is 4. The molecule has 1 aliphatic rings. The second-order valence-corrected chi connectivity index (χ2v) is 6.09. The number of amides is 1. The average Bonchev–Trinajstić information content (AvgIpc) is 2.48. The number of carboxylic acid groups (broad SMARTS) is 1. The van der Waals surface area contributed by atoms with Gasteiger partial charge in [0, 0.05) is 6.54 Å². The van der Waals surface area contributed by atoms with Gasteiger partial charge in [-0.1, -0.05) is 24.6 Å².